The van der Waals surface area contributed by atoms with Crippen molar-refractivity contribution < 1.29 is 9.53 Å². The van der Waals surface area contributed by atoms with Crippen molar-refractivity contribution in [1.29, 1.82) is 0 Å². The number of aromatic nitrogens is 2. The predicted octanol–water partition coefficient (Wildman–Crippen LogP) is -0.0963. The van der Waals surface area contributed by atoms with Gasteiger partial charge in [0.2, 0.25) is 5.88 Å². The molecule has 1 aromatic carbocycles. The highest BCUT2D eigenvalue weighted by molar-refractivity contribution is 5.93. The Kier molecular flexibility index (Phi) is 4.11. The fraction of sp³-hybridized carbons (Fsp3) is 0.154. The average Bonchev–Trinajstić information content (AvgIpc) is 2.49. The molecule has 0 aliphatic carbocycles. The molecule has 1 amide bonds. The fourth-order valence-corrected chi connectivity index (χ4v) is 1.72. The van der Waals surface area contributed by atoms with E-state index in [4.69, 9.17) is 10.6 Å². The van der Waals surface area contributed by atoms with Crippen LogP contribution < -0.4 is 21.6 Å². The lowest BCUT2D eigenvalue weighted by molar-refractivity contribution is 0.0953. The lowest BCUT2D eigenvalue weighted by atomic mass is 10.1. The highest BCUT2D eigenvalue weighted by Gasteiger charge is 2.06. The summed E-state index contributed by atoms with van der Waals surface area (Å²) >= 11 is 0. The molecule has 0 unspecified atom stereocenters. The molecule has 20 heavy (non-hydrogen) atoms. The van der Waals surface area contributed by atoms with Crippen LogP contribution in [0.15, 0.2) is 41.2 Å². The fourth-order valence-electron chi connectivity index (χ4n) is 1.72. The molecule has 0 saturated heterocycles. The number of nitrogens with zero attached hydrogens (tertiary/aromatic N) is 2. The average molecular weight is 274 g/mol. The van der Waals surface area contributed by atoms with E-state index in [1.807, 2.05) is 0 Å². The lowest BCUT2D eigenvalue weighted by Crippen LogP contribution is -2.30. The molecular formula is C13H14N4O3. The van der Waals surface area contributed by atoms with Crippen LogP contribution in [0.2, 0.25) is 0 Å². The Morgan fingerprint density at radius 1 is 1.40 bits per heavy atom. The summed E-state index contributed by atoms with van der Waals surface area (Å²) in [6, 6.07) is 9.66. The maximum atomic E-state index is 11.7. The largest absolute Gasteiger partial charge is 0.480 e. The first kappa shape index (κ1) is 13.8. The maximum absolute atomic E-state index is 11.7. The first-order valence-corrected chi connectivity index (χ1v) is 5.86. The number of rotatable bonds is 4. The molecule has 0 saturated carbocycles. The van der Waals surface area contributed by atoms with Crippen molar-refractivity contribution >= 4 is 5.91 Å². The first-order valence-electron chi connectivity index (χ1n) is 5.86. The van der Waals surface area contributed by atoms with E-state index in [9.17, 15) is 9.59 Å². The normalized spacial score (nSPS) is 10.1. The Balaban J connectivity index is 2.30. The van der Waals surface area contributed by atoms with E-state index in [1.165, 1.54) is 23.9 Å². The number of carbonyl (C=O) groups is 1. The molecule has 7 nitrogen and oxygen atoms in total. The Hall–Kier alpha value is -2.67. The Morgan fingerprint density at radius 3 is 2.90 bits per heavy atom. The molecule has 7 heteroatoms. The minimum atomic E-state index is -0.391. The van der Waals surface area contributed by atoms with Crippen molar-refractivity contribution in [1.82, 2.24) is 15.2 Å². The van der Waals surface area contributed by atoms with E-state index in [0.717, 1.165) is 5.56 Å². The zero-order valence-corrected chi connectivity index (χ0v) is 10.9. The van der Waals surface area contributed by atoms with Crippen LogP contribution in [0.4, 0.5) is 0 Å². The molecule has 1 heterocycles. The number of benzene rings is 1. The van der Waals surface area contributed by atoms with E-state index in [1.54, 1.807) is 24.3 Å². The van der Waals surface area contributed by atoms with Gasteiger partial charge in [-0.15, -0.1) is 5.10 Å². The lowest BCUT2D eigenvalue weighted by Gasteiger charge is -2.07. The van der Waals surface area contributed by atoms with Gasteiger partial charge < -0.3 is 4.74 Å². The number of ether oxygens (including phenoxy) is 1. The van der Waals surface area contributed by atoms with Crippen molar-refractivity contribution in [2.24, 2.45) is 5.84 Å². The summed E-state index contributed by atoms with van der Waals surface area (Å²) in [5, 5.41) is 4.04. The first-order chi connectivity index (χ1) is 9.63. The molecule has 0 aliphatic rings. The summed E-state index contributed by atoms with van der Waals surface area (Å²) in [5.74, 6) is 5.04. The van der Waals surface area contributed by atoms with Gasteiger partial charge in [-0.2, -0.15) is 0 Å². The summed E-state index contributed by atoms with van der Waals surface area (Å²) < 4.78 is 6.24. The molecule has 2 aromatic rings. The second kappa shape index (κ2) is 5.98. The van der Waals surface area contributed by atoms with Gasteiger partial charge in [0.1, 0.15) is 0 Å². The molecule has 2 rings (SSSR count). The Morgan fingerprint density at radius 2 is 2.20 bits per heavy atom. The smallest absolute Gasteiger partial charge is 0.267 e. The standard InChI is InChI=1S/C13H14N4O3/c1-20-11-5-6-12(18)17(16-11)8-9-3-2-4-10(7-9)13(19)15-14/h2-7H,8,14H2,1H3,(H,15,19). The third kappa shape index (κ3) is 3.01. The zero-order valence-electron chi connectivity index (χ0n) is 10.9. The van der Waals surface area contributed by atoms with Crippen LogP contribution >= 0.6 is 0 Å². The maximum Gasteiger partial charge on any atom is 0.267 e. The number of amides is 1. The number of hydrogen-bond acceptors (Lipinski definition) is 5. The van der Waals surface area contributed by atoms with Gasteiger partial charge in [0.05, 0.1) is 13.7 Å². The van der Waals surface area contributed by atoms with E-state index < -0.39 is 5.91 Å². The number of nitrogens with two attached hydrogens (primary N) is 1. The second-order valence-corrected chi connectivity index (χ2v) is 4.05. The van der Waals surface area contributed by atoms with E-state index in [0.29, 0.717) is 11.4 Å². The highest BCUT2D eigenvalue weighted by atomic mass is 16.5. The number of nitrogen functional groups attached to an aromatic ring is 1. The van der Waals surface area contributed by atoms with Crippen molar-refractivity contribution in [2.75, 3.05) is 7.11 Å². The molecule has 0 spiro atoms. The molecule has 0 radical (unpaired) electrons. The van der Waals surface area contributed by atoms with Gasteiger partial charge in [-0.05, 0) is 17.7 Å². The van der Waals surface area contributed by atoms with Crippen molar-refractivity contribution in [3.8, 4) is 5.88 Å². The van der Waals surface area contributed by atoms with Gasteiger partial charge >= 0.3 is 0 Å². The summed E-state index contributed by atoms with van der Waals surface area (Å²) in [6.45, 7) is 0.238. The minimum Gasteiger partial charge on any atom is -0.480 e. The van der Waals surface area contributed by atoms with Gasteiger partial charge in [0.15, 0.2) is 0 Å². The van der Waals surface area contributed by atoms with Crippen LogP contribution in [-0.2, 0) is 6.54 Å². The van der Waals surface area contributed by atoms with Crippen LogP contribution in [0.3, 0.4) is 0 Å². The van der Waals surface area contributed by atoms with Gasteiger partial charge in [-0.25, -0.2) is 10.5 Å². The number of methoxy groups -OCH3 is 1. The van der Waals surface area contributed by atoms with E-state index >= 15 is 0 Å². The minimum absolute atomic E-state index is 0.238. The predicted molar refractivity (Wildman–Crippen MR) is 72.2 cm³/mol. The molecule has 0 bridgehead atoms. The topological polar surface area (TPSA) is 99.2 Å². The van der Waals surface area contributed by atoms with Crippen LogP contribution in [0.5, 0.6) is 5.88 Å². The highest BCUT2D eigenvalue weighted by Crippen LogP contribution is 2.07. The number of hydrogen-bond donors (Lipinski definition) is 2. The van der Waals surface area contributed by atoms with Crippen LogP contribution in [0, 0.1) is 0 Å². The summed E-state index contributed by atoms with van der Waals surface area (Å²) in [4.78, 5) is 23.2. The Bertz CT molecular complexity index is 681. The van der Waals surface area contributed by atoms with Crippen molar-refractivity contribution in [3.05, 3.63) is 57.9 Å². The van der Waals surface area contributed by atoms with E-state index in [-0.39, 0.29) is 12.1 Å². The molecule has 104 valence electrons. The molecule has 0 aliphatic heterocycles. The van der Waals surface area contributed by atoms with Gasteiger partial charge in [-0.1, -0.05) is 12.1 Å². The molecule has 0 fully saturated rings. The molecule has 3 N–H and O–H groups in total. The quantitative estimate of drug-likeness (QED) is 0.461. The third-order valence-electron chi connectivity index (χ3n) is 2.70. The van der Waals surface area contributed by atoms with E-state index in [2.05, 4.69) is 10.5 Å². The van der Waals surface area contributed by atoms with Crippen LogP contribution in [0.1, 0.15) is 15.9 Å². The number of carbonyl (C=O) groups excluding carboxylic acids is 1. The Labute approximate surface area is 114 Å². The van der Waals surface area contributed by atoms with Crippen LogP contribution in [-0.4, -0.2) is 22.8 Å². The monoisotopic (exact) mass is 274 g/mol. The van der Waals surface area contributed by atoms with Crippen LogP contribution in [0.25, 0.3) is 0 Å². The zero-order chi connectivity index (χ0) is 14.5. The summed E-state index contributed by atoms with van der Waals surface area (Å²) in [6.07, 6.45) is 0. The number of nitrogens with one attached hydrogen (secondary N) is 1. The van der Waals surface area contributed by atoms with Crippen molar-refractivity contribution in [2.45, 2.75) is 6.54 Å². The van der Waals surface area contributed by atoms with Gasteiger partial charge in [-0.3, -0.25) is 15.0 Å². The molecule has 1 aromatic heterocycles. The number of hydrazine groups is 1. The van der Waals surface area contributed by atoms with Gasteiger partial charge in [0, 0.05) is 17.7 Å². The molecule has 0 atom stereocenters. The van der Waals surface area contributed by atoms with Gasteiger partial charge in [0.25, 0.3) is 11.5 Å². The van der Waals surface area contributed by atoms with Crippen molar-refractivity contribution in [3.63, 3.8) is 0 Å². The third-order valence-corrected chi connectivity index (χ3v) is 2.70. The SMILES string of the molecule is COc1ccc(=O)n(Cc2cccc(C(=O)NN)c2)n1. The molecular weight excluding hydrogens is 260 g/mol. The summed E-state index contributed by atoms with van der Waals surface area (Å²) in [5.41, 5.74) is 2.98. The second-order valence-electron chi connectivity index (χ2n) is 4.05. The summed E-state index contributed by atoms with van der Waals surface area (Å²) in [7, 11) is 1.48.